The quantitative estimate of drug-likeness (QED) is 0.510. The second-order valence-corrected chi connectivity index (χ2v) is 3.96. The number of allylic oxidation sites excluding steroid dienone is 5. The number of hydrogen-bond donors (Lipinski definition) is 0. The lowest BCUT2D eigenvalue weighted by atomic mass is 10.4. The molecule has 0 aliphatic rings. The Bertz CT molecular complexity index is 372. The molecule has 1 rings (SSSR count). The van der Waals surface area contributed by atoms with Crippen LogP contribution in [0.15, 0.2) is 83.7 Å². The van der Waals surface area contributed by atoms with Gasteiger partial charge in [-0.15, -0.1) is 0 Å². The van der Waals surface area contributed by atoms with Crippen molar-refractivity contribution in [2.75, 3.05) is 0 Å². The van der Waals surface area contributed by atoms with E-state index in [-0.39, 0.29) is 0 Å². The summed E-state index contributed by atoms with van der Waals surface area (Å²) in [6.45, 7) is 7.35. The Hall–Kier alpha value is -1.47. The maximum Gasteiger partial charge on any atom is 0.0122 e. The molecular weight excluding hydrogens is 200 g/mol. The van der Waals surface area contributed by atoms with Crippen molar-refractivity contribution in [3.63, 3.8) is 0 Å². The van der Waals surface area contributed by atoms with Gasteiger partial charge in [-0.3, -0.25) is 0 Å². The minimum atomic E-state index is 1.15. The van der Waals surface area contributed by atoms with Crippen LogP contribution in [0.2, 0.25) is 0 Å². The maximum absolute atomic E-state index is 3.70. The maximum atomic E-state index is 3.70. The van der Waals surface area contributed by atoms with E-state index in [1.54, 1.807) is 23.9 Å². The molecule has 76 valence electrons. The molecule has 0 atom stereocenters. The minimum Gasteiger partial charge on any atom is -0.0991 e. The average Bonchev–Trinajstić information content (AvgIpc) is 2.28. The third-order valence-electron chi connectivity index (χ3n) is 1.66. The summed E-state index contributed by atoms with van der Waals surface area (Å²) < 4.78 is 0. The molecule has 0 heterocycles. The van der Waals surface area contributed by atoms with E-state index >= 15 is 0 Å². The van der Waals surface area contributed by atoms with Crippen LogP contribution in [-0.2, 0) is 0 Å². The van der Waals surface area contributed by atoms with Crippen LogP contribution in [0.1, 0.15) is 0 Å². The van der Waals surface area contributed by atoms with Gasteiger partial charge >= 0.3 is 0 Å². The Morgan fingerprint density at radius 3 is 2.40 bits per heavy atom. The van der Waals surface area contributed by atoms with E-state index in [4.69, 9.17) is 0 Å². The van der Waals surface area contributed by atoms with Gasteiger partial charge in [0.05, 0.1) is 0 Å². The molecular formula is C14H14S. The van der Waals surface area contributed by atoms with Crippen LogP contribution in [0, 0.1) is 0 Å². The van der Waals surface area contributed by atoms with Gasteiger partial charge in [-0.2, -0.15) is 0 Å². The summed E-state index contributed by atoms with van der Waals surface area (Å²) in [4.78, 5) is 2.37. The molecule has 0 nitrogen and oxygen atoms in total. The van der Waals surface area contributed by atoms with Crippen LogP contribution in [0.25, 0.3) is 0 Å². The molecule has 15 heavy (non-hydrogen) atoms. The first-order valence-electron chi connectivity index (χ1n) is 4.71. The molecule has 0 unspecified atom stereocenters. The molecule has 0 bridgehead atoms. The fourth-order valence-electron chi connectivity index (χ4n) is 1.03. The van der Waals surface area contributed by atoms with E-state index < -0.39 is 0 Å². The van der Waals surface area contributed by atoms with Crippen molar-refractivity contribution in [3.05, 3.63) is 78.8 Å². The molecule has 0 spiro atoms. The summed E-state index contributed by atoms with van der Waals surface area (Å²) in [5.41, 5.74) is 0. The van der Waals surface area contributed by atoms with Gasteiger partial charge in [0.15, 0.2) is 0 Å². The fraction of sp³-hybridized carbons (Fsp3) is 0. The van der Waals surface area contributed by atoms with Gasteiger partial charge in [-0.05, 0) is 24.3 Å². The monoisotopic (exact) mass is 214 g/mol. The number of hydrogen-bond acceptors (Lipinski definition) is 1. The minimum absolute atomic E-state index is 1.15. The summed E-state index contributed by atoms with van der Waals surface area (Å²) >= 11 is 1.71. The van der Waals surface area contributed by atoms with E-state index in [1.807, 2.05) is 36.4 Å². The number of rotatable bonds is 5. The second kappa shape index (κ2) is 6.91. The molecule has 0 fully saturated rings. The lowest BCUT2D eigenvalue weighted by Crippen LogP contribution is -1.72. The predicted octanol–water partition coefficient (Wildman–Crippen LogP) is 4.59. The Balaban J connectivity index is 2.76. The van der Waals surface area contributed by atoms with E-state index in [9.17, 15) is 0 Å². The van der Waals surface area contributed by atoms with Crippen molar-refractivity contribution in [2.45, 2.75) is 4.90 Å². The highest BCUT2D eigenvalue weighted by Gasteiger charge is 1.94. The molecule has 0 saturated carbocycles. The molecule has 0 saturated heterocycles. The predicted molar refractivity (Wildman–Crippen MR) is 69.9 cm³/mol. The summed E-state index contributed by atoms with van der Waals surface area (Å²) in [5, 5.41) is 0. The Kier molecular flexibility index (Phi) is 5.34. The number of benzene rings is 1. The normalized spacial score (nSPS) is 11.6. The van der Waals surface area contributed by atoms with Crippen LogP contribution in [0.5, 0.6) is 0 Å². The third-order valence-corrected chi connectivity index (χ3v) is 2.67. The molecule has 0 radical (unpaired) electrons. The highest BCUT2D eigenvalue weighted by atomic mass is 32.2. The van der Waals surface area contributed by atoms with E-state index in [1.165, 1.54) is 4.90 Å². The average molecular weight is 214 g/mol. The molecule has 0 N–H and O–H groups in total. The van der Waals surface area contributed by atoms with Crippen molar-refractivity contribution in [3.8, 4) is 0 Å². The van der Waals surface area contributed by atoms with Crippen LogP contribution < -0.4 is 0 Å². The first-order valence-corrected chi connectivity index (χ1v) is 5.53. The zero-order chi connectivity index (χ0) is 10.9. The lowest BCUT2D eigenvalue weighted by Gasteiger charge is -2.00. The molecule has 1 heteroatoms. The van der Waals surface area contributed by atoms with Crippen molar-refractivity contribution < 1.29 is 0 Å². The lowest BCUT2D eigenvalue weighted by molar-refractivity contribution is 1.47. The van der Waals surface area contributed by atoms with Crippen LogP contribution in [-0.4, -0.2) is 0 Å². The topological polar surface area (TPSA) is 0 Å². The largest absolute Gasteiger partial charge is 0.0991 e. The zero-order valence-electron chi connectivity index (χ0n) is 8.60. The second-order valence-electron chi connectivity index (χ2n) is 2.81. The molecule has 1 aromatic carbocycles. The van der Waals surface area contributed by atoms with Crippen LogP contribution in [0.4, 0.5) is 0 Å². The zero-order valence-corrected chi connectivity index (χ0v) is 9.41. The first kappa shape index (κ1) is 11.6. The molecule has 1 aromatic rings. The van der Waals surface area contributed by atoms with Gasteiger partial charge in [0.2, 0.25) is 0 Å². The van der Waals surface area contributed by atoms with Crippen molar-refractivity contribution in [1.29, 1.82) is 0 Å². The van der Waals surface area contributed by atoms with Gasteiger partial charge in [-0.1, -0.05) is 61.3 Å². The van der Waals surface area contributed by atoms with Gasteiger partial charge in [-0.25, -0.2) is 0 Å². The third kappa shape index (κ3) is 4.52. The van der Waals surface area contributed by atoms with Crippen LogP contribution >= 0.6 is 11.8 Å². The Morgan fingerprint density at radius 1 is 1.07 bits per heavy atom. The highest BCUT2D eigenvalue weighted by molar-refractivity contribution is 8.03. The molecule has 0 aliphatic carbocycles. The Morgan fingerprint density at radius 2 is 1.80 bits per heavy atom. The highest BCUT2D eigenvalue weighted by Crippen LogP contribution is 2.27. The van der Waals surface area contributed by atoms with Gasteiger partial charge in [0.1, 0.15) is 0 Å². The smallest absolute Gasteiger partial charge is 0.0122 e. The van der Waals surface area contributed by atoms with E-state index in [2.05, 4.69) is 25.3 Å². The van der Waals surface area contributed by atoms with Crippen molar-refractivity contribution in [2.24, 2.45) is 0 Å². The van der Waals surface area contributed by atoms with Gasteiger partial charge < -0.3 is 0 Å². The first-order chi connectivity index (χ1) is 7.36. The van der Waals surface area contributed by atoms with Gasteiger partial charge in [0, 0.05) is 9.80 Å². The van der Waals surface area contributed by atoms with Crippen molar-refractivity contribution in [1.82, 2.24) is 0 Å². The summed E-state index contributed by atoms with van der Waals surface area (Å²) in [5.74, 6) is 0. The molecule has 0 aromatic heterocycles. The summed E-state index contributed by atoms with van der Waals surface area (Å²) in [7, 11) is 0. The fourth-order valence-corrected chi connectivity index (χ4v) is 1.90. The van der Waals surface area contributed by atoms with Crippen LogP contribution in [0.3, 0.4) is 0 Å². The van der Waals surface area contributed by atoms with Gasteiger partial charge in [0.25, 0.3) is 0 Å². The molecule has 0 aliphatic heterocycles. The van der Waals surface area contributed by atoms with Crippen molar-refractivity contribution >= 4 is 11.8 Å². The number of thioether (sulfide) groups is 1. The van der Waals surface area contributed by atoms with E-state index in [0.717, 1.165) is 4.91 Å². The Labute approximate surface area is 95.7 Å². The SMILES string of the molecule is C=C/C=C\C(=C/C=C)Sc1ccccc1. The van der Waals surface area contributed by atoms with E-state index in [0.29, 0.717) is 0 Å². The standard InChI is InChI=1S/C14H14S/c1-3-5-10-13(9-4-2)15-14-11-7-6-8-12-14/h3-12H,1-2H2/b10-5-,13-9+. The molecule has 0 amide bonds. The summed E-state index contributed by atoms with van der Waals surface area (Å²) in [6, 6.07) is 10.3. The summed E-state index contributed by atoms with van der Waals surface area (Å²) in [6.07, 6.45) is 9.48.